The largest absolute Gasteiger partial charge is 0.368 e. The van der Waals surface area contributed by atoms with Crippen LogP contribution in [0.1, 0.15) is 32.4 Å². The first-order valence-electron chi connectivity index (χ1n) is 6.52. The molecular weight excluding hydrogens is 288 g/mol. The highest BCUT2D eigenvalue weighted by Crippen LogP contribution is 2.29. The summed E-state index contributed by atoms with van der Waals surface area (Å²) in [4.78, 5) is 2.34. The van der Waals surface area contributed by atoms with E-state index in [2.05, 4.69) is 71.7 Å². The minimum absolute atomic E-state index is 0.348. The summed E-state index contributed by atoms with van der Waals surface area (Å²) in [5.74, 6) is 0. The molecule has 0 saturated carbocycles. The van der Waals surface area contributed by atoms with Crippen molar-refractivity contribution < 1.29 is 0 Å². The van der Waals surface area contributed by atoms with Crippen LogP contribution in [-0.4, -0.2) is 19.6 Å². The summed E-state index contributed by atoms with van der Waals surface area (Å²) >= 11 is 3.56. The summed E-state index contributed by atoms with van der Waals surface area (Å²) in [5, 5.41) is 3.48. The van der Waals surface area contributed by atoms with Crippen LogP contribution in [0.5, 0.6) is 0 Å². The summed E-state index contributed by atoms with van der Waals surface area (Å²) in [6, 6.07) is 6.83. The molecule has 1 rings (SSSR count). The van der Waals surface area contributed by atoms with Gasteiger partial charge in [0.25, 0.3) is 0 Å². The van der Waals surface area contributed by atoms with Crippen LogP contribution in [0.3, 0.4) is 0 Å². The van der Waals surface area contributed by atoms with Crippen LogP contribution in [0.15, 0.2) is 35.3 Å². The van der Waals surface area contributed by atoms with E-state index in [9.17, 15) is 0 Å². The van der Waals surface area contributed by atoms with Crippen LogP contribution in [-0.2, 0) is 0 Å². The number of rotatable bonds is 7. The third-order valence-corrected chi connectivity index (χ3v) is 3.53. The molecule has 0 spiro atoms. The average Bonchev–Trinajstić information content (AvgIpc) is 2.36. The highest BCUT2D eigenvalue weighted by molar-refractivity contribution is 9.10. The van der Waals surface area contributed by atoms with Crippen molar-refractivity contribution in [1.82, 2.24) is 5.32 Å². The Bertz CT molecular complexity index is 390. The van der Waals surface area contributed by atoms with E-state index >= 15 is 0 Å². The van der Waals surface area contributed by atoms with Gasteiger partial charge in [-0.25, -0.2) is 0 Å². The molecule has 3 heteroatoms. The van der Waals surface area contributed by atoms with Crippen molar-refractivity contribution in [3.63, 3.8) is 0 Å². The highest BCUT2D eigenvalue weighted by atomic mass is 79.9. The number of nitrogens with zero attached hydrogens (tertiary/aromatic N) is 1. The van der Waals surface area contributed by atoms with Gasteiger partial charge in [0.05, 0.1) is 0 Å². The van der Waals surface area contributed by atoms with Gasteiger partial charge in [0.1, 0.15) is 0 Å². The van der Waals surface area contributed by atoms with E-state index in [1.54, 1.807) is 0 Å². The van der Waals surface area contributed by atoms with Gasteiger partial charge in [0, 0.05) is 29.3 Å². The molecule has 0 amide bonds. The summed E-state index contributed by atoms with van der Waals surface area (Å²) in [5.41, 5.74) is 2.61. The zero-order valence-electron chi connectivity index (χ0n) is 11.5. The van der Waals surface area contributed by atoms with Gasteiger partial charge in [-0.05, 0) is 44.2 Å². The molecule has 0 aliphatic rings. The van der Waals surface area contributed by atoms with Crippen molar-refractivity contribution in [2.75, 3.05) is 24.5 Å². The number of hydrogen-bond acceptors (Lipinski definition) is 2. The molecule has 0 saturated heterocycles. The monoisotopic (exact) mass is 310 g/mol. The summed E-state index contributed by atoms with van der Waals surface area (Å²) < 4.78 is 1.13. The maximum Gasteiger partial charge on any atom is 0.0418 e. The summed E-state index contributed by atoms with van der Waals surface area (Å²) in [6.07, 6.45) is 1.95. The first-order valence-corrected chi connectivity index (χ1v) is 7.32. The third-order valence-electron chi connectivity index (χ3n) is 3.04. The predicted molar refractivity (Wildman–Crippen MR) is 84.3 cm³/mol. The molecule has 0 aliphatic heterocycles. The van der Waals surface area contributed by atoms with Gasteiger partial charge in [-0.1, -0.05) is 28.9 Å². The standard InChI is InChI=1S/C15H23BrN2/c1-5-10-18(7-3)15-9-8-13(16)11-14(15)12(4)17-6-2/h5,8-9,11-12,17H,1,6-7,10H2,2-4H3. The molecule has 1 aromatic carbocycles. The maximum atomic E-state index is 3.84. The molecule has 1 aromatic rings. The lowest BCUT2D eigenvalue weighted by Crippen LogP contribution is -2.26. The minimum Gasteiger partial charge on any atom is -0.368 e. The highest BCUT2D eigenvalue weighted by Gasteiger charge is 2.14. The van der Waals surface area contributed by atoms with Crippen LogP contribution in [0.4, 0.5) is 5.69 Å². The summed E-state index contributed by atoms with van der Waals surface area (Å²) in [7, 11) is 0. The number of anilines is 1. The first kappa shape index (κ1) is 15.3. The SMILES string of the molecule is C=CCN(CC)c1ccc(Br)cc1C(C)NCC. The number of halogens is 1. The van der Waals surface area contributed by atoms with E-state index in [1.165, 1.54) is 11.3 Å². The fourth-order valence-corrected chi connectivity index (χ4v) is 2.51. The Labute approximate surface area is 119 Å². The van der Waals surface area contributed by atoms with Crippen molar-refractivity contribution in [2.24, 2.45) is 0 Å². The smallest absolute Gasteiger partial charge is 0.0418 e. The molecule has 100 valence electrons. The Morgan fingerprint density at radius 1 is 1.44 bits per heavy atom. The van der Waals surface area contributed by atoms with Crippen LogP contribution in [0.25, 0.3) is 0 Å². The Hall–Kier alpha value is -0.800. The Kier molecular flexibility index (Phi) is 6.44. The molecule has 0 fully saturated rings. The maximum absolute atomic E-state index is 3.84. The van der Waals surface area contributed by atoms with Gasteiger partial charge in [-0.2, -0.15) is 0 Å². The van der Waals surface area contributed by atoms with Crippen molar-refractivity contribution in [3.05, 3.63) is 40.9 Å². The van der Waals surface area contributed by atoms with Gasteiger partial charge in [0.15, 0.2) is 0 Å². The second-order valence-electron chi connectivity index (χ2n) is 4.31. The molecule has 0 bridgehead atoms. The molecule has 0 radical (unpaired) electrons. The van der Waals surface area contributed by atoms with E-state index in [0.717, 1.165) is 24.1 Å². The van der Waals surface area contributed by atoms with Gasteiger partial charge < -0.3 is 10.2 Å². The third kappa shape index (κ3) is 3.85. The molecule has 1 unspecified atom stereocenters. The lowest BCUT2D eigenvalue weighted by atomic mass is 10.0. The molecule has 0 heterocycles. The fraction of sp³-hybridized carbons (Fsp3) is 0.467. The van der Waals surface area contributed by atoms with E-state index in [0.29, 0.717) is 6.04 Å². The molecule has 1 N–H and O–H groups in total. The molecule has 18 heavy (non-hydrogen) atoms. The van der Waals surface area contributed by atoms with Gasteiger partial charge in [0.2, 0.25) is 0 Å². The van der Waals surface area contributed by atoms with Crippen molar-refractivity contribution >= 4 is 21.6 Å². The Balaban J connectivity index is 3.12. The molecule has 1 atom stereocenters. The zero-order valence-corrected chi connectivity index (χ0v) is 13.1. The second kappa shape index (κ2) is 7.59. The minimum atomic E-state index is 0.348. The lowest BCUT2D eigenvalue weighted by Gasteiger charge is -2.27. The van der Waals surface area contributed by atoms with E-state index in [4.69, 9.17) is 0 Å². The lowest BCUT2D eigenvalue weighted by molar-refractivity contribution is 0.596. The number of nitrogens with one attached hydrogen (secondary N) is 1. The number of likely N-dealkylation sites (N-methyl/N-ethyl adjacent to an activating group) is 1. The molecule has 2 nitrogen and oxygen atoms in total. The molecule has 0 aromatic heterocycles. The summed E-state index contributed by atoms with van der Waals surface area (Å²) in [6.45, 7) is 13.2. The number of benzene rings is 1. The zero-order chi connectivity index (χ0) is 13.5. The van der Waals surface area contributed by atoms with Crippen molar-refractivity contribution in [1.29, 1.82) is 0 Å². The second-order valence-corrected chi connectivity index (χ2v) is 5.23. The van der Waals surface area contributed by atoms with Gasteiger partial charge in [-0.3, -0.25) is 0 Å². The van der Waals surface area contributed by atoms with Crippen LogP contribution in [0.2, 0.25) is 0 Å². The normalized spacial score (nSPS) is 12.2. The van der Waals surface area contributed by atoms with Crippen LogP contribution >= 0.6 is 15.9 Å². The quantitative estimate of drug-likeness (QED) is 0.762. The van der Waals surface area contributed by atoms with Gasteiger partial charge in [-0.15, -0.1) is 6.58 Å². The van der Waals surface area contributed by atoms with Gasteiger partial charge >= 0.3 is 0 Å². The predicted octanol–water partition coefficient (Wildman–Crippen LogP) is 4.13. The van der Waals surface area contributed by atoms with E-state index < -0.39 is 0 Å². The van der Waals surface area contributed by atoms with Crippen LogP contribution < -0.4 is 10.2 Å². The topological polar surface area (TPSA) is 15.3 Å². The van der Waals surface area contributed by atoms with E-state index in [1.807, 2.05) is 6.08 Å². The van der Waals surface area contributed by atoms with E-state index in [-0.39, 0.29) is 0 Å². The van der Waals surface area contributed by atoms with Crippen LogP contribution in [0, 0.1) is 0 Å². The average molecular weight is 311 g/mol. The number of hydrogen-bond donors (Lipinski definition) is 1. The molecule has 0 aliphatic carbocycles. The molecular formula is C15H23BrN2. The fourth-order valence-electron chi connectivity index (χ4n) is 2.13. The Morgan fingerprint density at radius 2 is 2.17 bits per heavy atom. The Morgan fingerprint density at radius 3 is 2.72 bits per heavy atom. The van der Waals surface area contributed by atoms with Crippen molar-refractivity contribution in [2.45, 2.75) is 26.8 Å². The first-order chi connectivity index (χ1) is 8.63. The van der Waals surface area contributed by atoms with Crippen molar-refractivity contribution in [3.8, 4) is 0 Å².